The van der Waals surface area contributed by atoms with Gasteiger partial charge < -0.3 is 10.6 Å². The van der Waals surface area contributed by atoms with E-state index in [4.69, 9.17) is 0 Å². The van der Waals surface area contributed by atoms with E-state index in [1.165, 1.54) is 22.3 Å². The lowest BCUT2D eigenvalue weighted by atomic mass is 9.94. The standard InChI is InChI=1S/C24H31N3O.3C2H6.2H2/c1-17(11-18-12-19-7-3-4-8-20(19)13-18)26-24(28)25-15-23-14-21-9-5-6-10-22(21)16-27(23)2;3*1-2;;/h3-10,17-18,23H,11-16H2,1-2H3,(H2,25,26,28);3*1-2H3;2*1H. The fourth-order valence-corrected chi connectivity index (χ4v) is 4.81. The number of likely N-dealkylation sites (N-methyl/N-ethyl adjacent to an activating group) is 1. The van der Waals surface area contributed by atoms with Crippen molar-refractivity contribution >= 4 is 6.03 Å². The van der Waals surface area contributed by atoms with Crippen LogP contribution in [-0.4, -0.2) is 36.6 Å². The predicted octanol–water partition coefficient (Wildman–Crippen LogP) is 7.11. The first-order valence-electron chi connectivity index (χ1n) is 13.5. The Bertz CT molecular complexity index is 821. The molecule has 0 saturated carbocycles. The number of carbonyl (C=O) groups excluding carboxylic acids is 1. The van der Waals surface area contributed by atoms with Crippen LogP contribution in [-0.2, 0) is 25.8 Å². The van der Waals surface area contributed by atoms with Gasteiger partial charge in [-0.2, -0.15) is 0 Å². The highest BCUT2D eigenvalue weighted by Crippen LogP contribution is 2.29. The number of nitrogens with zero attached hydrogens (tertiary/aromatic N) is 1. The van der Waals surface area contributed by atoms with Gasteiger partial charge in [0.1, 0.15) is 0 Å². The number of urea groups is 1. The molecule has 4 rings (SSSR count). The van der Waals surface area contributed by atoms with E-state index < -0.39 is 0 Å². The molecular weight excluding hydrogens is 418 g/mol. The molecule has 2 aliphatic rings. The first-order valence-corrected chi connectivity index (χ1v) is 13.5. The molecule has 2 atom stereocenters. The van der Waals surface area contributed by atoms with Crippen molar-refractivity contribution in [2.45, 2.75) is 92.8 Å². The number of hydrogen-bond acceptors (Lipinski definition) is 2. The molecule has 194 valence electrons. The summed E-state index contributed by atoms with van der Waals surface area (Å²) in [7, 11) is 2.14. The first kappa shape index (κ1) is 29.7. The highest BCUT2D eigenvalue weighted by atomic mass is 16.2. The topological polar surface area (TPSA) is 44.4 Å². The lowest BCUT2D eigenvalue weighted by Crippen LogP contribution is -2.49. The zero-order chi connectivity index (χ0) is 25.5. The molecule has 1 aliphatic carbocycles. The first-order chi connectivity index (χ1) is 16.6. The number of nitrogens with one attached hydrogen (secondary N) is 2. The molecule has 4 heteroatoms. The highest BCUT2D eigenvalue weighted by molar-refractivity contribution is 5.74. The van der Waals surface area contributed by atoms with Crippen LogP contribution < -0.4 is 10.6 Å². The molecule has 2 N–H and O–H groups in total. The maximum Gasteiger partial charge on any atom is 0.315 e. The second kappa shape index (κ2) is 16.3. The fraction of sp³-hybridized carbons (Fsp3) is 0.567. The summed E-state index contributed by atoms with van der Waals surface area (Å²) in [4.78, 5) is 14.7. The van der Waals surface area contributed by atoms with Crippen LogP contribution in [0.2, 0.25) is 0 Å². The Morgan fingerprint density at radius 3 is 1.88 bits per heavy atom. The molecule has 1 aliphatic heterocycles. The van der Waals surface area contributed by atoms with Gasteiger partial charge in [0.15, 0.2) is 0 Å². The smallest absolute Gasteiger partial charge is 0.315 e. The van der Waals surface area contributed by atoms with Gasteiger partial charge in [0.05, 0.1) is 0 Å². The summed E-state index contributed by atoms with van der Waals surface area (Å²) in [6, 6.07) is 17.8. The third-order valence-electron chi connectivity index (χ3n) is 6.32. The van der Waals surface area contributed by atoms with E-state index in [-0.39, 0.29) is 14.9 Å². The van der Waals surface area contributed by atoms with E-state index >= 15 is 0 Å². The van der Waals surface area contributed by atoms with E-state index in [1.807, 2.05) is 41.5 Å². The minimum absolute atomic E-state index is 0. The van der Waals surface area contributed by atoms with Crippen molar-refractivity contribution in [3.63, 3.8) is 0 Å². The normalized spacial score (nSPS) is 17.2. The molecular formula is C30H53N3O. The van der Waals surface area contributed by atoms with Crippen molar-refractivity contribution in [1.82, 2.24) is 15.5 Å². The maximum atomic E-state index is 12.4. The van der Waals surface area contributed by atoms with Crippen LogP contribution in [0.1, 0.15) is 80.0 Å². The molecule has 2 unspecified atom stereocenters. The molecule has 34 heavy (non-hydrogen) atoms. The molecule has 0 spiro atoms. The summed E-state index contributed by atoms with van der Waals surface area (Å²) in [5.74, 6) is 0.633. The van der Waals surface area contributed by atoms with Crippen molar-refractivity contribution < 1.29 is 7.65 Å². The second-order valence-corrected chi connectivity index (χ2v) is 8.58. The van der Waals surface area contributed by atoms with Crippen LogP contribution in [0.25, 0.3) is 0 Å². The molecule has 1 heterocycles. The lowest BCUT2D eigenvalue weighted by molar-refractivity contribution is 0.202. The van der Waals surface area contributed by atoms with Crippen LogP contribution in [0.15, 0.2) is 48.5 Å². The average Bonchev–Trinajstić information content (AvgIpc) is 3.28. The Balaban J connectivity index is 0. The highest BCUT2D eigenvalue weighted by Gasteiger charge is 2.25. The molecule has 0 saturated heterocycles. The quantitative estimate of drug-likeness (QED) is 0.488. The van der Waals surface area contributed by atoms with Gasteiger partial charge in [-0.3, -0.25) is 4.90 Å². The van der Waals surface area contributed by atoms with Crippen molar-refractivity contribution in [2.75, 3.05) is 13.6 Å². The van der Waals surface area contributed by atoms with Gasteiger partial charge in [-0.25, -0.2) is 4.79 Å². The van der Waals surface area contributed by atoms with Crippen molar-refractivity contribution in [2.24, 2.45) is 5.92 Å². The van der Waals surface area contributed by atoms with Crippen LogP contribution in [0, 0.1) is 5.92 Å². The van der Waals surface area contributed by atoms with E-state index in [2.05, 4.69) is 78.0 Å². The Hall–Kier alpha value is -2.33. The fourth-order valence-electron chi connectivity index (χ4n) is 4.81. The van der Waals surface area contributed by atoms with Crippen LogP contribution in [0.4, 0.5) is 4.79 Å². The van der Waals surface area contributed by atoms with Crippen molar-refractivity contribution in [3.05, 3.63) is 70.8 Å². The molecule has 0 bridgehead atoms. The van der Waals surface area contributed by atoms with E-state index in [0.717, 1.165) is 32.2 Å². The summed E-state index contributed by atoms with van der Waals surface area (Å²) in [5.41, 5.74) is 5.76. The van der Waals surface area contributed by atoms with Gasteiger partial charge in [0, 0.05) is 28.0 Å². The van der Waals surface area contributed by atoms with Gasteiger partial charge >= 0.3 is 6.03 Å². The monoisotopic (exact) mass is 471 g/mol. The predicted molar refractivity (Wildman–Crippen MR) is 152 cm³/mol. The molecule has 2 aromatic carbocycles. The summed E-state index contributed by atoms with van der Waals surface area (Å²) in [6.07, 6.45) is 4.29. The number of rotatable bonds is 5. The Labute approximate surface area is 212 Å². The van der Waals surface area contributed by atoms with Crippen molar-refractivity contribution in [3.8, 4) is 0 Å². The maximum absolute atomic E-state index is 12.4. The average molecular weight is 472 g/mol. The van der Waals surface area contributed by atoms with E-state index in [0.29, 0.717) is 18.5 Å². The zero-order valence-corrected chi connectivity index (χ0v) is 22.9. The Morgan fingerprint density at radius 2 is 1.35 bits per heavy atom. The molecule has 4 nitrogen and oxygen atoms in total. The van der Waals surface area contributed by atoms with Gasteiger partial charge in [-0.05, 0) is 67.8 Å². The molecule has 0 fully saturated rings. The summed E-state index contributed by atoms with van der Waals surface area (Å²) in [5, 5.41) is 6.23. The van der Waals surface area contributed by atoms with E-state index in [1.54, 1.807) is 0 Å². The summed E-state index contributed by atoms with van der Waals surface area (Å²) in [6.45, 7) is 15.7. The second-order valence-electron chi connectivity index (χ2n) is 8.58. The summed E-state index contributed by atoms with van der Waals surface area (Å²) >= 11 is 0. The third-order valence-corrected chi connectivity index (χ3v) is 6.32. The van der Waals surface area contributed by atoms with Crippen LogP contribution in [0.3, 0.4) is 0 Å². The van der Waals surface area contributed by atoms with Crippen molar-refractivity contribution in [1.29, 1.82) is 0 Å². The number of benzene rings is 2. The number of carbonyl (C=O) groups is 1. The van der Waals surface area contributed by atoms with Gasteiger partial charge in [0.2, 0.25) is 0 Å². The van der Waals surface area contributed by atoms with Crippen LogP contribution in [0.5, 0.6) is 0 Å². The van der Waals surface area contributed by atoms with Crippen LogP contribution >= 0.6 is 0 Å². The number of hydrogen-bond donors (Lipinski definition) is 2. The number of amides is 2. The molecule has 0 radical (unpaired) electrons. The third kappa shape index (κ3) is 8.79. The van der Waals surface area contributed by atoms with Gasteiger partial charge in [-0.1, -0.05) is 90.1 Å². The summed E-state index contributed by atoms with van der Waals surface area (Å²) < 4.78 is 0. The number of fused-ring (bicyclic) bond motifs is 2. The molecule has 0 aromatic heterocycles. The minimum atomic E-state index is -0.0460. The SMILES string of the molecule is CC.CC.CC.CC(CC1Cc2ccccc2C1)NC(=O)NCC1Cc2ccccc2CN1C.[HH].[HH]. The Morgan fingerprint density at radius 1 is 0.882 bits per heavy atom. The molecule has 2 amide bonds. The van der Waals surface area contributed by atoms with E-state index in [9.17, 15) is 4.79 Å². The Kier molecular flexibility index (Phi) is 14.3. The van der Waals surface area contributed by atoms with Gasteiger partial charge in [-0.15, -0.1) is 0 Å². The lowest BCUT2D eigenvalue weighted by Gasteiger charge is -2.34. The largest absolute Gasteiger partial charge is 0.337 e. The van der Waals surface area contributed by atoms with Gasteiger partial charge in [0.25, 0.3) is 0 Å². The zero-order valence-electron chi connectivity index (χ0n) is 22.9. The molecule has 2 aromatic rings. The minimum Gasteiger partial charge on any atom is -0.337 e.